The van der Waals surface area contributed by atoms with E-state index in [0.717, 1.165) is 0 Å². The van der Waals surface area contributed by atoms with Crippen LogP contribution in [0, 0.1) is 5.92 Å². The topological polar surface area (TPSA) is 40.5 Å². The minimum atomic E-state index is -1.42. The minimum absolute atomic E-state index is 0.0952. The van der Waals surface area contributed by atoms with Crippen molar-refractivity contribution in [1.82, 2.24) is 0 Å². The van der Waals surface area contributed by atoms with Crippen LogP contribution in [0.25, 0.3) is 0 Å². The molecule has 3 atom stereocenters. The molecule has 2 nitrogen and oxygen atoms in total. The molecule has 1 aliphatic carbocycles. The lowest BCUT2D eigenvalue weighted by Gasteiger charge is -2.44. The number of hydrogen-bond acceptors (Lipinski definition) is 2. The van der Waals surface area contributed by atoms with Crippen LogP contribution >= 0.6 is 0 Å². The van der Waals surface area contributed by atoms with Crippen molar-refractivity contribution < 1.29 is 14.6 Å². The van der Waals surface area contributed by atoms with Crippen LogP contribution in [-0.4, -0.2) is 28.6 Å². The van der Waals surface area contributed by atoms with E-state index >= 15 is 0 Å². The standard InChI is InChI=1S/C6H11FO2/c1-4-2-6(9,3-8)5(4)7/h4-5,8-9H,2-3H2,1H3. The second-order valence-electron chi connectivity index (χ2n) is 2.84. The second kappa shape index (κ2) is 1.92. The molecule has 1 aliphatic rings. The third kappa shape index (κ3) is 0.843. The normalized spacial score (nSPS) is 50.7. The minimum Gasteiger partial charge on any atom is -0.393 e. The van der Waals surface area contributed by atoms with Crippen molar-refractivity contribution in [1.29, 1.82) is 0 Å². The van der Waals surface area contributed by atoms with Gasteiger partial charge in [0.05, 0.1) is 6.61 Å². The van der Waals surface area contributed by atoms with Gasteiger partial charge in [0.1, 0.15) is 11.8 Å². The van der Waals surface area contributed by atoms with Crippen molar-refractivity contribution >= 4 is 0 Å². The Balaban J connectivity index is 2.48. The molecule has 0 amide bonds. The van der Waals surface area contributed by atoms with Crippen molar-refractivity contribution in [3.8, 4) is 0 Å². The molecule has 0 bridgehead atoms. The van der Waals surface area contributed by atoms with Crippen molar-refractivity contribution in [3.63, 3.8) is 0 Å². The van der Waals surface area contributed by atoms with Gasteiger partial charge in [0, 0.05) is 0 Å². The molecule has 0 saturated heterocycles. The highest BCUT2D eigenvalue weighted by Gasteiger charge is 2.51. The highest BCUT2D eigenvalue weighted by Crippen LogP contribution is 2.39. The van der Waals surface area contributed by atoms with Crippen molar-refractivity contribution in [2.45, 2.75) is 25.1 Å². The zero-order valence-corrected chi connectivity index (χ0v) is 5.34. The van der Waals surface area contributed by atoms with Crippen LogP contribution < -0.4 is 0 Å². The van der Waals surface area contributed by atoms with Crippen molar-refractivity contribution in [2.75, 3.05) is 6.61 Å². The summed E-state index contributed by atoms with van der Waals surface area (Å²) >= 11 is 0. The summed E-state index contributed by atoms with van der Waals surface area (Å²) in [7, 11) is 0. The zero-order valence-electron chi connectivity index (χ0n) is 5.34. The Morgan fingerprint density at radius 1 is 1.78 bits per heavy atom. The van der Waals surface area contributed by atoms with Crippen LogP contribution in [0.5, 0.6) is 0 Å². The average Bonchev–Trinajstić information content (AvgIpc) is 1.87. The molecule has 0 spiro atoms. The first-order valence-electron chi connectivity index (χ1n) is 3.07. The van der Waals surface area contributed by atoms with Crippen LogP contribution in [0.2, 0.25) is 0 Å². The van der Waals surface area contributed by atoms with Gasteiger partial charge in [0.15, 0.2) is 0 Å². The molecule has 3 unspecified atom stereocenters. The van der Waals surface area contributed by atoms with E-state index in [1.165, 1.54) is 0 Å². The predicted octanol–water partition coefficient (Wildman–Crippen LogP) is 0.0877. The van der Waals surface area contributed by atoms with Gasteiger partial charge in [-0.25, -0.2) is 4.39 Å². The number of aliphatic hydroxyl groups excluding tert-OH is 1. The maximum atomic E-state index is 12.5. The molecule has 9 heavy (non-hydrogen) atoms. The van der Waals surface area contributed by atoms with Gasteiger partial charge >= 0.3 is 0 Å². The lowest BCUT2D eigenvalue weighted by atomic mass is 9.70. The lowest BCUT2D eigenvalue weighted by Crippen LogP contribution is -2.57. The Hall–Kier alpha value is -0.150. The Morgan fingerprint density at radius 3 is 2.44 bits per heavy atom. The fraction of sp³-hybridized carbons (Fsp3) is 1.00. The zero-order chi connectivity index (χ0) is 7.07. The number of hydrogen-bond donors (Lipinski definition) is 2. The summed E-state index contributed by atoms with van der Waals surface area (Å²) in [5, 5.41) is 17.5. The van der Waals surface area contributed by atoms with Crippen molar-refractivity contribution in [3.05, 3.63) is 0 Å². The van der Waals surface area contributed by atoms with E-state index in [1.54, 1.807) is 6.92 Å². The van der Waals surface area contributed by atoms with Crippen LogP contribution in [0.3, 0.4) is 0 Å². The highest BCUT2D eigenvalue weighted by molar-refractivity contribution is 5.00. The Morgan fingerprint density at radius 2 is 2.33 bits per heavy atom. The summed E-state index contributed by atoms with van der Waals surface area (Å²) in [4.78, 5) is 0. The van der Waals surface area contributed by atoms with Crippen LogP contribution in [-0.2, 0) is 0 Å². The molecular formula is C6H11FO2. The summed E-state index contributed by atoms with van der Waals surface area (Å²) < 4.78 is 12.5. The van der Waals surface area contributed by atoms with Gasteiger partial charge in [-0.1, -0.05) is 6.92 Å². The quantitative estimate of drug-likeness (QED) is 0.533. The molecule has 0 radical (unpaired) electrons. The molecule has 2 N–H and O–H groups in total. The first-order valence-corrected chi connectivity index (χ1v) is 3.07. The smallest absolute Gasteiger partial charge is 0.134 e. The first kappa shape index (κ1) is 6.96. The summed E-state index contributed by atoms with van der Waals surface area (Å²) in [6, 6.07) is 0. The Kier molecular flexibility index (Phi) is 1.49. The fourth-order valence-electron chi connectivity index (χ4n) is 1.29. The van der Waals surface area contributed by atoms with Crippen molar-refractivity contribution in [2.24, 2.45) is 5.92 Å². The maximum absolute atomic E-state index is 12.5. The summed E-state index contributed by atoms with van der Waals surface area (Å²) in [5.74, 6) is -0.0952. The van der Waals surface area contributed by atoms with E-state index in [4.69, 9.17) is 10.2 Å². The van der Waals surface area contributed by atoms with E-state index in [0.29, 0.717) is 6.42 Å². The Bertz CT molecular complexity index is 118. The highest BCUT2D eigenvalue weighted by atomic mass is 19.1. The van der Waals surface area contributed by atoms with E-state index in [1.807, 2.05) is 0 Å². The SMILES string of the molecule is CC1CC(O)(CO)C1F. The molecule has 0 aromatic rings. The van der Waals surface area contributed by atoms with E-state index in [9.17, 15) is 4.39 Å². The lowest BCUT2D eigenvalue weighted by molar-refractivity contribution is -0.167. The van der Waals surface area contributed by atoms with Crippen LogP contribution in [0.15, 0.2) is 0 Å². The molecule has 0 aromatic heterocycles. The van der Waals surface area contributed by atoms with Gasteiger partial charge in [-0.3, -0.25) is 0 Å². The number of aliphatic hydroxyl groups is 2. The third-order valence-corrected chi connectivity index (χ3v) is 1.96. The number of halogens is 1. The van der Waals surface area contributed by atoms with Gasteiger partial charge in [-0.05, 0) is 12.3 Å². The Labute approximate surface area is 53.3 Å². The molecule has 0 heterocycles. The van der Waals surface area contributed by atoms with Gasteiger partial charge in [0.25, 0.3) is 0 Å². The molecular weight excluding hydrogens is 123 g/mol. The van der Waals surface area contributed by atoms with Gasteiger partial charge in [0.2, 0.25) is 0 Å². The predicted molar refractivity (Wildman–Crippen MR) is 30.7 cm³/mol. The third-order valence-electron chi connectivity index (χ3n) is 1.96. The van der Waals surface area contributed by atoms with Gasteiger partial charge in [-0.2, -0.15) is 0 Å². The molecule has 54 valence electrons. The van der Waals surface area contributed by atoms with E-state index in [-0.39, 0.29) is 5.92 Å². The van der Waals surface area contributed by atoms with E-state index < -0.39 is 18.4 Å². The number of alkyl halides is 1. The molecule has 0 aromatic carbocycles. The van der Waals surface area contributed by atoms with Crippen LogP contribution in [0.4, 0.5) is 4.39 Å². The average molecular weight is 134 g/mol. The summed E-state index contributed by atoms with van der Waals surface area (Å²) in [5.41, 5.74) is -1.42. The van der Waals surface area contributed by atoms with Gasteiger partial charge in [-0.15, -0.1) is 0 Å². The molecule has 1 saturated carbocycles. The summed E-state index contributed by atoms with van der Waals surface area (Å²) in [6.45, 7) is 1.26. The molecule has 1 fully saturated rings. The first-order chi connectivity index (χ1) is 4.10. The summed E-state index contributed by atoms with van der Waals surface area (Å²) in [6.07, 6.45) is -0.854. The van der Waals surface area contributed by atoms with E-state index in [2.05, 4.69) is 0 Å². The molecule has 0 aliphatic heterocycles. The van der Waals surface area contributed by atoms with Gasteiger partial charge < -0.3 is 10.2 Å². The number of rotatable bonds is 1. The van der Waals surface area contributed by atoms with Crippen LogP contribution in [0.1, 0.15) is 13.3 Å². The second-order valence-corrected chi connectivity index (χ2v) is 2.84. The molecule has 3 heteroatoms. The monoisotopic (exact) mass is 134 g/mol. The largest absolute Gasteiger partial charge is 0.393 e. The maximum Gasteiger partial charge on any atom is 0.134 e. The fourth-order valence-corrected chi connectivity index (χ4v) is 1.29. The molecule has 1 rings (SSSR count).